The van der Waals surface area contributed by atoms with E-state index >= 15 is 0 Å². The van der Waals surface area contributed by atoms with Crippen molar-refractivity contribution in [3.63, 3.8) is 0 Å². The van der Waals surface area contributed by atoms with Crippen molar-refractivity contribution in [3.8, 4) is 0 Å². The van der Waals surface area contributed by atoms with Crippen LogP contribution in [0.1, 0.15) is 21.5 Å². The zero-order valence-electron chi connectivity index (χ0n) is 12.1. The van der Waals surface area contributed by atoms with Crippen LogP contribution in [0.2, 0.25) is 0 Å². The van der Waals surface area contributed by atoms with Gasteiger partial charge in [0, 0.05) is 17.1 Å². The van der Waals surface area contributed by atoms with E-state index in [0.717, 1.165) is 27.7 Å². The summed E-state index contributed by atoms with van der Waals surface area (Å²) in [7, 11) is 0. The quantitative estimate of drug-likeness (QED) is 0.765. The van der Waals surface area contributed by atoms with Gasteiger partial charge in [-0.2, -0.15) is 0 Å². The van der Waals surface area contributed by atoms with E-state index in [1.807, 2.05) is 62.4 Å². The van der Waals surface area contributed by atoms with E-state index in [-0.39, 0.29) is 5.91 Å². The number of rotatable bonds is 2. The molecule has 1 amide bonds. The lowest BCUT2D eigenvalue weighted by molar-refractivity contribution is 0.102. The minimum atomic E-state index is -0.0902. The monoisotopic (exact) mass is 276 g/mol. The molecule has 0 atom stereocenters. The standard InChI is InChI=1S/C18H16N2O/c1-12-8-9-13(2)15(11-12)18(21)20-17-7-3-6-16-14(17)5-4-10-19-16/h3-11H,1-2H3,(H,20,21). The molecule has 104 valence electrons. The molecule has 3 nitrogen and oxygen atoms in total. The number of aryl methyl sites for hydroxylation is 2. The highest BCUT2D eigenvalue weighted by atomic mass is 16.1. The van der Waals surface area contributed by atoms with Crippen molar-refractivity contribution in [1.29, 1.82) is 0 Å². The van der Waals surface area contributed by atoms with Crippen LogP contribution in [0.15, 0.2) is 54.7 Å². The number of amides is 1. The number of carbonyl (C=O) groups is 1. The Kier molecular flexibility index (Phi) is 3.40. The molecule has 0 fully saturated rings. The molecular formula is C18H16N2O. The van der Waals surface area contributed by atoms with Gasteiger partial charge in [-0.25, -0.2) is 0 Å². The van der Waals surface area contributed by atoms with Gasteiger partial charge in [-0.1, -0.05) is 23.8 Å². The van der Waals surface area contributed by atoms with Crippen LogP contribution in [0.3, 0.4) is 0 Å². The van der Waals surface area contributed by atoms with E-state index in [9.17, 15) is 4.79 Å². The molecule has 0 saturated heterocycles. The molecule has 0 spiro atoms. The first-order chi connectivity index (χ1) is 10.1. The Balaban J connectivity index is 1.99. The van der Waals surface area contributed by atoms with Crippen LogP contribution >= 0.6 is 0 Å². The van der Waals surface area contributed by atoms with E-state index in [0.29, 0.717) is 5.56 Å². The van der Waals surface area contributed by atoms with Gasteiger partial charge < -0.3 is 5.32 Å². The van der Waals surface area contributed by atoms with Gasteiger partial charge in [0.15, 0.2) is 0 Å². The van der Waals surface area contributed by atoms with Crippen LogP contribution < -0.4 is 5.32 Å². The molecule has 0 bridgehead atoms. The second-order valence-electron chi connectivity index (χ2n) is 5.15. The molecular weight excluding hydrogens is 260 g/mol. The number of hydrogen-bond acceptors (Lipinski definition) is 2. The van der Waals surface area contributed by atoms with Crippen molar-refractivity contribution in [3.05, 3.63) is 71.4 Å². The molecule has 0 radical (unpaired) electrons. The van der Waals surface area contributed by atoms with Gasteiger partial charge >= 0.3 is 0 Å². The second-order valence-corrected chi connectivity index (χ2v) is 5.15. The van der Waals surface area contributed by atoms with Crippen molar-refractivity contribution < 1.29 is 4.79 Å². The van der Waals surface area contributed by atoms with Gasteiger partial charge in [0.25, 0.3) is 5.91 Å². The highest BCUT2D eigenvalue weighted by Gasteiger charge is 2.11. The number of carbonyl (C=O) groups excluding carboxylic acids is 1. The topological polar surface area (TPSA) is 42.0 Å². The maximum Gasteiger partial charge on any atom is 0.255 e. The minimum Gasteiger partial charge on any atom is -0.321 e. The fourth-order valence-corrected chi connectivity index (χ4v) is 2.38. The Bertz CT molecular complexity index is 819. The summed E-state index contributed by atoms with van der Waals surface area (Å²) in [6.07, 6.45) is 1.75. The van der Waals surface area contributed by atoms with E-state index in [4.69, 9.17) is 0 Å². The van der Waals surface area contributed by atoms with Crippen molar-refractivity contribution in [2.75, 3.05) is 5.32 Å². The first-order valence-electron chi connectivity index (χ1n) is 6.87. The molecule has 21 heavy (non-hydrogen) atoms. The average Bonchev–Trinajstić information content (AvgIpc) is 2.50. The summed E-state index contributed by atoms with van der Waals surface area (Å²) in [5.41, 5.74) is 4.40. The van der Waals surface area contributed by atoms with Gasteiger partial charge in [0.1, 0.15) is 0 Å². The third-order valence-corrected chi connectivity index (χ3v) is 3.53. The van der Waals surface area contributed by atoms with Crippen LogP contribution in [-0.4, -0.2) is 10.9 Å². The Morgan fingerprint density at radius 1 is 1.05 bits per heavy atom. The van der Waals surface area contributed by atoms with Crippen molar-refractivity contribution in [1.82, 2.24) is 4.98 Å². The normalized spacial score (nSPS) is 10.6. The Hall–Kier alpha value is -2.68. The molecule has 1 N–H and O–H groups in total. The van der Waals surface area contributed by atoms with Crippen LogP contribution in [0.4, 0.5) is 5.69 Å². The van der Waals surface area contributed by atoms with Gasteiger partial charge in [-0.3, -0.25) is 9.78 Å². The van der Waals surface area contributed by atoms with Crippen molar-refractivity contribution in [2.45, 2.75) is 13.8 Å². The van der Waals surface area contributed by atoms with Crippen LogP contribution in [0.25, 0.3) is 10.9 Å². The maximum absolute atomic E-state index is 12.5. The Morgan fingerprint density at radius 3 is 2.76 bits per heavy atom. The van der Waals surface area contributed by atoms with Gasteiger partial charge in [-0.15, -0.1) is 0 Å². The summed E-state index contributed by atoms with van der Waals surface area (Å²) in [4.78, 5) is 16.8. The molecule has 3 rings (SSSR count). The lowest BCUT2D eigenvalue weighted by atomic mass is 10.0. The molecule has 0 saturated carbocycles. The molecule has 0 unspecified atom stereocenters. The minimum absolute atomic E-state index is 0.0902. The smallest absolute Gasteiger partial charge is 0.255 e. The molecule has 0 aliphatic heterocycles. The van der Waals surface area contributed by atoms with E-state index in [1.165, 1.54) is 0 Å². The number of fused-ring (bicyclic) bond motifs is 1. The lowest BCUT2D eigenvalue weighted by Gasteiger charge is -2.10. The first-order valence-corrected chi connectivity index (χ1v) is 6.87. The molecule has 0 aliphatic carbocycles. The lowest BCUT2D eigenvalue weighted by Crippen LogP contribution is -2.13. The molecule has 1 heterocycles. The van der Waals surface area contributed by atoms with Crippen molar-refractivity contribution in [2.24, 2.45) is 0 Å². The summed E-state index contributed by atoms with van der Waals surface area (Å²) < 4.78 is 0. The van der Waals surface area contributed by atoms with E-state index < -0.39 is 0 Å². The van der Waals surface area contributed by atoms with E-state index in [1.54, 1.807) is 6.20 Å². The largest absolute Gasteiger partial charge is 0.321 e. The summed E-state index contributed by atoms with van der Waals surface area (Å²) in [5, 5.41) is 3.93. The van der Waals surface area contributed by atoms with Gasteiger partial charge in [-0.05, 0) is 49.7 Å². The maximum atomic E-state index is 12.5. The molecule has 3 aromatic rings. The number of nitrogens with zero attached hydrogens (tertiary/aromatic N) is 1. The Labute approximate surface area is 123 Å². The molecule has 0 aliphatic rings. The number of pyridine rings is 1. The zero-order valence-corrected chi connectivity index (χ0v) is 12.1. The van der Waals surface area contributed by atoms with Gasteiger partial charge in [0.2, 0.25) is 0 Å². The number of benzene rings is 2. The van der Waals surface area contributed by atoms with Crippen LogP contribution in [0, 0.1) is 13.8 Å². The zero-order chi connectivity index (χ0) is 14.8. The van der Waals surface area contributed by atoms with Crippen LogP contribution in [-0.2, 0) is 0 Å². The third kappa shape index (κ3) is 2.63. The molecule has 3 heteroatoms. The second kappa shape index (κ2) is 5.37. The summed E-state index contributed by atoms with van der Waals surface area (Å²) >= 11 is 0. The molecule has 2 aromatic carbocycles. The first kappa shape index (κ1) is 13.3. The SMILES string of the molecule is Cc1ccc(C)c(C(=O)Nc2cccc3ncccc23)c1. The summed E-state index contributed by atoms with van der Waals surface area (Å²) in [6.45, 7) is 3.93. The van der Waals surface area contributed by atoms with E-state index in [2.05, 4.69) is 10.3 Å². The average molecular weight is 276 g/mol. The highest BCUT2D eigenvalue weighted by Crippen LogP contribution is 2.22. The molecule has 1 aromatic heterocycles. The van der Waals surface area contributed by atoms with Crippen molar-refractivity contribution >= 4 is 22.5 Å². The van der Waals surface area contributed by atoms with Crippen LogP contribution in [0.5, 0.6) is 0 Å². The highest BCUT2D eigenvalue weighted by molar-refractivity contribution is 6.09. The number of hydrogen-bond donors (Lipinski definition) is 1. The predicted molar refractivity (Wildman–Crippen MR) is 85.6 cm³/mol. The fourth-order valence-electron chi connectivity index (χ4n) is 2.38. The fraction of sp³-hybridized carbons (Fsp3) is 0.111. The summed E-state index contributed by atoms with van der Waals surface area (Å²) in [6, 6.07) is 15.4. The predicted octanol–water partition coefficient (Wildman–Crippen LogP) is 4.10. The number of aromatic nitrogens is 1. The number of anilines is 1. The third-order valence-electron chi connectivity index (χ3n) is 3.53. The number of nitrogens with one attached hydrogen (secondary N) is 1. The summed E-state index contributed by atoms with van der Waals surface area (Å²) in [5.74, 6) is -0.0902. The van der Waals surface area contributed by atoms with Gasteiger partial charge in [0.05, 0.1) is 11.2 Å². The Morgan fingerprint density at radius 2 is 1.90 bits per heavy atom.